The number of hydrogen-bond donors (Lipinski definition) is 0. The second-order valence-electron chi connectivity index (χ2n) is 0.378. The van der Waals surface area contributed by atoms with Crippen molar-refractivity contribution < 1.29 is 49.7 Å². The molecule has 0 radical (unpaired) electrons. The van der Waals surface area contributed by atoms with Crippen LogP contribution < -0.4 is 35.7 Å². The van der Waals surface area contributed by atoms with E-state index in [1.807, 2.05) is 0 Å². The van der Waals surface area contributed by atoms with Gasteiger partial charge in [0.05, 0.1) is 14.1 Å². The maximum atomic E-state index is 8.58. The van der Waals surface area contributed by atoms with Crippen LogP contribution >= 0.6 is 0 Å². The molecule has 0 fully saturated rings. The molecule has 0 bridgehead atoms. The van der Waals surface area contributed by atoms with Crippen molar-refractivity contribution in [2.45, 2.75) is 0 Å². The van der Waals surface area contributed by atoms with Crippen LogP contribution in [0.1, 0.15) is 0 Å². The Hall–Kier alpha value is 0.917. The zero-order chi connectivity index (χ0) is 4.50. The van der Waals surface area contributed by atoms with E-state index in [4.69, 9.17) is 16.8 Å². The Kier molecular flexibility index (Phi) is 4.99. The molecular formula is BrLiO4. The van der Waals surface area contributed by atoms with Crippen molar-refractivity contribution >= 4 is 0 Å². The first kappa shape index (κ1) is 10.0. The molecule has 0 spiro atoms. The first-order valence-electron chi connectivity index (χ1n) is 0.617. The van der Waals surface area contributed by atoms with Gasteiger partial charge in [0.15, 0.2) is 0 Å². The van der Waals surface area contributed by atoms with E-state index >= 15 is 0 Å². The summed E-state index contributed by atoms with van der Waals surface area (Å²) in [6.07, 6.45) is 0. The number of hydrogen-bond acceptors (Lipinski definition) is 4. The van der Waals surface area contributed by atoms with Crippen molar-refractivity contribution in [2.24, 2.45) is 0 Å². The van der Waals surface area contributed by atoms with E-state index in [2.05, 4.69) is 0 Å². The number of rotatable bonds is 0. The topological polar surface area (TPSA) is 92.2 Å². The SMILES string of the molecule is [Li+].[O-][Br+3]([O-])([O-])[O-]. The third-order valence-corrected chi connectivity index (χ3v) is 0. The van der Waals surface area contributed by atoms with Crippen LogP contribution in [-0.4, -0.2) is 0 Å². The summed E-state index contributed by atoms with van der Waals surface area (Å²) in [5.41, 5.74) is 0. The van der Waals surface area contributed by atoms with Gasteiger partial charge in [0.25, 0.3) is 0 Å². The van der Waals surface area contributed by atoms with E-state index in [0.29, 0.717) is 0 Å². The minimum absolute atomic E-state index is 0. The molecule has 0 aliphatic rings. The summed E-state index contributed by atoms with van der Waals surface area (Å²) in [7, 11) is 0. The zero-order valence-electron chi connectivity index (χ0n) is 3.01. The van der Waals surface area contributed by atoms with E-state index in [0.717, 1.165) is 0 Å². The van der Waals surface area contributed by atoms with E-state index in [9.17, 15) is 0 Å². The van der Waals surface area contributed by atoms with Crippen LogP contribution in [-0.2, 0) is 0 Å². The van der Waals surface area contributed by atoms with E-state index in [-0.39, 0.29) is 18.9 Å². The maximum Gasteiger partial charge on any atom is 1.00 e. The van der Waals surface area contributed by atoms with Crippen LogP contribution in [0.15, 0.2) is 0 Å². The largest absolute Gasteiger partial charge is 1.00 e. The fourth-order valence-electron chi connectivity index (χ4n) is 0. The molecule has 6 heteroatoms. The van der Waals surface area contributed by atoms with Crippen LogP contribution in [0.25, 0.3) is 0 Å². The van der Waals surface area contributed by atoms with Gasteiger partial charge in [-0.2, -0.15) is 0 Å². The molecule has 0 aliphatic carbocycles. The second-order valence-corrected chi connectivity index (χ2v) is 1.96. The normalized spacial score (nSPS) is 10.0. The van der Waals surface area contributed by atoms with Crippen LogP contribution in [0.3, 0.4) is 0 Å². The monoisotopic (exact) mass is 150 g/mol. The van der Waals surface area contributed by atoms with Crippen LogP contribution in [0.4, 0.5) is 0 Å². The fourth-order valence-corrected chi connectivity index (χ4v) is 0. The van der Waals surface area contributed by atoms with Crippen molar-refractivity contribution in [1.82, 2.24) is 0 Å². The number of halogens is 1. The molecule has 32 valence electrons. The zero-order valence-corrected chi connectivity index (χ0v) is 4.60. The quantitative estimate of drug-likeness (QED) is 0.321. The molecule has 0 amide bonds. The summed E-state index contributed by atoms with van der Waals surface area (Å²) in [4.78, 5) is 0. The fraction of sp³-hybridized carbons (Fsp3) is 0. The van der Waals surface area contributed by atoms with Crippen molar-refractivity contribution in [2.75, 3.05) is 0 Å². The first-order valence-corrected chi connectivity index (χ1v) is 3.21. The van der Waals surface area contributed by atoms with Crippen LogP contribution in [0.2, 0.25) is 0 Å². The molecule has 0 aromatic rings. The Labute approximate surface area is 50.1 Å². The summed E-state index contributed by atoms with van der Waals surface area (Å²) >= 11 is -5.62. The van der Waals surface area contributed by atoms with E-state index < -0.39 is 14.1 Å². The van der Waals surface area contributed by atoms with Crippen molar-refractivity contribution in [1.29, 1.82) is 0 Å². The molecule has 0 aliphatic heterocycles. The minimum atomic E-state index is -5.62. The van der Waals surface area contributed by atoms with Crippen molar-refractivity contribution in [3.05, 3.63) is 0 Å². The molecule has 0 aromatic heterocycles. The maximum absolute atomic E-state index is 8.58. The summed E-state index contributed by atoms with van der Waals surface area (Å²) in [6, 6.07) is 0. The van der Waals surface area contributed by atoms with Gasteiger partial charge >= 0.3 is 18.9 Å². The van der Waals surface area contributed by atoms with Gasteiger partial charge in [-0.15, -0.1) is 0 Å². The Balaban J connectivity index is 0. The minimum Gasteiger partial charge on any atom is -0.264 e. The first-order chi connectivity index (χ1) is 2.00. The second kappa shape index (κ2) is 2.99. The molecular weight excluding hydrogens is 151 g/mol. The van der Waals surface area contributed by atoms with E-state index in [1.165, 1.54) is 0 Å². The van der Waals surface area contributed by atoms with Gasteiger partial charge in [0.2, 0.25) is 0 Å². The molecule has 0 rings (SSSR count). The molecule has 0 heterocycles. The van der Waals surface area contributed by atoms with Gasteiger partial charge in [0, 0.05) is 0 Å². The van der Waals surface area contributed by atoms with Gasteiger partial charge in [0.1, 0.15) is 0 Å². The predicted molar refractivity (Wildman–Crippen MR) is 0 cm³/mol. The molecule has 0 N–H and O–H groups in total. The van der Waals surface area contributed by atoms with Gasteiger partial charge in [-0.3, -0.25) is 16.8 Å². The standard InChI is InChI=1S/BrO4.Li/c2-1(3,4)5;/q-1;+1. The van der Waals surface area contributed by atoms with Gasteiger partial charge < -0.3 is 0 Å². The smallest absolute Gasteiger partial charge is 0.264 e. The Bertz CT molecular complexity index is 23.0. The van der Waals surface area contributed by atoms with Gasteiger partial charge in [-0.05, 0) is 0 Å². The third-order valence-electron chi connectivity index (χ3n) is 0. The summed E-state index contributed by atoms with van der Waals surface area (Å²) < 4.78 is 34.3. The Morgan fingerprint density at radius 2 is 0.833 bits per heavy atom. The van der Waals surface area contributed by atoms with Crippen molar-refractivity contribution in [3.63, 3.8) is 0 Å². The molecule has 0 aromatic carbocycles. The Morgan fingerprint density at radius 1 is 0.833 bits per heavy atom. The average molecular weight is 151 g/mol. The Morgan fingerprint density at radius 3 is 0.833 bits per heavy atom. The van der Waals surface area contributed by atoms with E-state index in [1.54, 1.807) is 0 Å². The average Bonchev–Trinajstić information content (AvgIpc) is 0.722. The van der Waals surface area contributed by atoms with Gasteiger partial charge in [-0.25, -0.2) is 0 Å². The summed E-state index contributed by atoms with van der Waals surface area (Å²) in [5, 5.41) is 0. The molecule has 6 heavy (non-hydrogen) atoms. The third kappa shape index (κ3) is 89.7. The van der Waals surface area contributed by atoms with Crippen LogP contribution in [0, 0.1) is 14.1 Å². The summed E-state index contributed by atoms with van der Waals surface area (Å²) in [6.45, 7) is 0. The summed E-state index contributed by atoms with van der Waals surface area (Å²) in [5.74, 6) is 0. The molecule has 4 nitrogen and oxygen atoms in total. The molecule has 0 unspecified atom stereocenters. The van der Waals surface area contributed by atoms with Crippen LogP contribution in [0.5, 0.6) is 0 Å². The molecule has 0 saturated carbocycles. The molecule has 0 saturated heterocycles. The predicted octanol–water partition coefficient (Wildman–Crippen LogP) is -7.75. The van der Waals surface area contributed by atoms with Crippen molar-refractivity contribution in [3.8, 4) is 0 Å². The van der Waals surface area contributed by atoms with Gasteiger partial charge in [-0.1, -0.05) is 0 Å². The molecule has 0 atom stereocenters.